The molecular formula is C17H16F4N4O2. The maximum atomic E-state index is 13.6. The minimum absolute atomic E-state index is 0.0449. The Labute approximate surface area is 151 Å². The number of halogens is 4. The van der Waals surface area contributed by atoms with Crippen LogP contribution in [0.25, 0.3) is 0 Å². The van der Waals surface area contributed by atoms with Crippen LogP contribution in [0.15, 0.2) is 29.4 Å². The number of aryl methyl sites for hydroxylation is 2. The van der Waals surface area contributed by atoms with Crippen LogP contribution in [0.2, 0.25) is 0 Å². The van der Waals surface area contributed by atoms with Gasteiger partial charge >= 0.3 is 12.1 Å². The van der Waals surface area contributed by atoms with Crippen LogP contribution in [0.4, 0.5) is 17.6 Å². The van der Waals surface area contributed by atoms with Crippen molar-refractivity contribution < 1.29 is 27.2 Å². The summed E-state index contributed by atoms with van der Waals surface area (Å²) in [5, 5.41) is 7.05. The maximum Gasteiger partial charge on any atom is 0.433 e. The number of alkyl halides is 3. The average molecular weight is 384 g/mol. The number of oxime groups is 1. The predicted molar refractivity (Wildman–Crippen MR) is 87.3 cm³/mol. The van der Waals surface area contributed by atoms with Gasteiger partial charge in [0, 0.05) is 13.1 Å². The molecule has 2 aromatic rings. The Hall–Kier alpha value is -2.91. The van der Waals surface area contributed by atoms with Crippen molar-refractivity contribution in [1.82, 2.24) is 9.78 Å². The van der Waals surface area contributed by atoms with E-state index in [9.17, 15) is 22.4 Å². The SMILES string of the molecule is Cc1ccc(F)cc1C1(C(N)=NOC(=O)c2cc(C(F)(F)F)n(C)n2)CC1. The summed E-state index contributed by atoms with van der Waals surface area (Å²) >= 11 is 0. The Kier molecular flexibility index (Phi) is 4.44. The number of nitrogens with zero attached hydrogens (tertiary/aromatic N) is 3. The molecule has 2 N–H and O–H groups in total. The number of carbonyl (C=O) groups excluding carboxylic acids is 1. The molecule has 6 nitrogen and oxygen atoms in total. The Bertz CT molecular complexity index is 930. The Balaban J connectivity index is 1.80. The number of aromatic nitrogens is 2. The van der Waals surface area contributed by atoms with E-state index in [4.69, 9.17) is 5.73 Å². The molecule has 1 aromatic heterocycles. The number of carbonyl (C=O) groups is 1. The highest BCUT2D eigenvalue weighted by atomic mass is 19.4. The highest BCUT2D eigenvalue weighted by Gasteiger charge is 2.50. The van der Waals surface area contributed by atoms with Gasteiger partial charge in [0.2, 0.25) is 0 Å². The van der Waals surface area contributed by atoms with Crippen LogP contribution < -0.4 is 5.73 Å². The summed E-state index contributed by atoms with van der Waals surface area (Å²) in [5.74, 6) is -1.65. The fourth-order valence-corrected chi connectivity index (χ4v) is 2.96. The average Bonchev–Trinajstić information content (AvgIpc) is 3.29. The first-order chi connectivity index (χ1) is 12.5. The molecule has 3 rings (SSSR count). The van der Waals surface area contributed by atoms with E-state index >= 15 is 0 Å². The van der Waals surface area contributed by atoms with Gasteiger partial charge in [0.15, 0.2) is 11.5 Å². The summed E-state index contributed by atoms with van der Waals surface area (Å²) in [6.07, 6.45) is -3.48. The van der Waals surface area contributed by atoms with Gasteiger partial charge in [-0.25, -0.2) is 9.18 Å². The Morgan fingerprint density at radius 1 is 1.33 bits per heavy atom. The molecule has 0 bridgehead atoms. The molecule has 1 heterocycles. The van der Waals surface area contributed by atoms with Crippen LogP contribution in [0.3, 0.4) is 0 Å². The number of benzene rings is 1. The second-order valence-electron chi connectivity index (χ2n) is 6.43. The van der Waals surface area contributed by atoms with Gasteiger partial charge in [0.1, 0.15) is 11.5 Å². The first kappa shape index (κ1) is 18.9. The fraction of sp³-hybridized carbons (Fsp3) is 0.353. The third kappa shape index (κ3) is 3.51. The molecule has 0 amide bonds. The summed E-state index contributed by atoms with van der Waals surface area (Å²) in [6, 6.07) is 4.84. The molecule has 0 radical (unpaired) electrons. The minimum Gasteiger partial charge on any atom is -0.384 e. The van der Waals surface area contributed by atoms with Crippen molar-refractivity contribution in [3.05, 3.63) is 52.6 Å². The van der Waals surface area contributed by atoms with E-state index in [2.05, 4.69) is 15.1 Å². The Morgan fingerprint density at radius 2 is 2.00 bits per heavy atom. The molecule has 1 aromatic carbocycles. The summed E-state index contributed by atoms with van der Waals surface area (Å²) in [7, 11) is 1.06. The van der Waals surface area contributed by atoms with E-state index in [1.807, 2.05) is 0 Å². The number of nitrogens with two attached hydrogens (primary N) is 1. The number of hydrogen-bond donors (Lipinski definition) is 1. The van der Waals surface area contributed by atoms with E-state index in [1.165, 1.54) is 12.1 Å². The standard InChI is InChI=1S/C17H16F4N4O2/c1-9-3-4-10(18)7-11(9)16(5-6-16)15(22)24-27-14(26)12-8-13(17(19,20)21)25(2)23-12/h3-4,7-8H,5-6H2,1-2H3,(H2,22,24). The zero-order chi connectivity index (χ0) is 20.0. The summed E-state index contributed by atoms with van der Waals surface area (Å²) in [6.45, 7) is 1.79. The van der Waals surface area contributed by atoms with Gasteiger partial charge in [-0.1, -0.05) is 11.2 Å². The molecule has 0 atom stereocenters. The lowest BCUT2D eigenvalue weighted by molar-refractivity contribution is -0.143. The predicted octanol–water partition coefficient (Wildman–Crippen LogP) is 3.05. The molecule has 144 valence electrons. The fourth-order valence-electron chi connectivity index (χ4n) is 2.96. The molecule has 27 heavy (non-hydrogen) atoms. The molecule has 0 saturated heterocycles. The smallest absolute Gasteiger partial charge is 0.384 e. The van der Waals surface area contributed by atoms with Crippen LogP contribution >= 0.6 is 0 Å². The third-order valence-electron chi connectivity index (χ3n) is 4.56. The topological polar surface area (TPSA) is 82.5 Å². The molecule has 10 heteroatoms. The van der Waals surface area contributed by atoms with Crippen LogP contribution in [0.1, 0.15) is 40.2 Å². The highest BCUT2D eigenvalue weighted by molar-refractivity contribution is 5.95. The molecule has 1 fully saturated rings. The van der Waals surface area contributed by atoms with Crippen molar-refractivity contribution in [3.63, 3.8) is 0 Å². The van der Waals surface area contributed by atoms with Crippen molar-refractivity contribution in [3.8, 4) is 0 Å². The number of amidine groups is 1. The van der Waals surface area contributed by atoms with Gasteiger partial charge in [-0.15, -0.1) is 0 Å². The summed E-state index contributed by atoms with van der Waals surface area (Å²) in [4.78, 5) is 16.6. The number of rotatable bonds is 4. The van der Waals surface area contributed by atoms with Crippen molar-refractivity contribution in [2.45, 2.75) is 31.4 Å². The van der Waals surface area contributed by atoms with E-state index in [0.29, 0.717) is 29.2 Å². The van der Waals surface area contributed by atoms with Gasteiger partial charge in [-0.05, 0) is 43.0 Å². The van der Waals surface area contributed by atoms with Gasteiger partial charge in [-0.3, -0.25) is 4.68 Å². The van der Waals surface area contributed by atoms with Gasteiger partial charge in [0.25, 0.3) is 0 Å². The molecule has 1 aliphatic carbocycles. The van der Waals surface area contributed by atoms with Gasteiger partial charge in [0.05, 0.1) is 5.41 Å². The number of hydrogen-bond acceptors (Lipinski definition) is 4. The lowest BCUT2D eigenvalue weighted by Crippen LogP contribution is -2.30. The third-order valence-corrected chi connectivity index (χ3v) is 4.56. The monoisotopic (exact) mass is 384 g/mol. The van der Waals surface area contributed by atoms with Crippen molar-refractivity contribution in [2.75, 3.05) is 0 Å². The largest absolute Gasteiger partial charge is 0.433 e. The second-order valence-corrected chi connectivity index (χ2v) is 6.43. The van der Waals surface area contributed by atoms with E-state index < -0.39 is 34.8 Å². The minimum atomic E-state index is -4.66. The first-order valence-electron chi connectivity index (χ1n) is 7.98. The van der Waals surface area contributed by atoms with Crippen molar-refractivity contribution in [2.24, 2.45) is 17.9 Å². The molecule has 1 saturated carbocycles. The second kappa shape index (κ2) is 6.36. The first-order valence-corrected chi connectivity index (χ1v) is 7.98. The zero-order valence-corrected chi connectivity index (χ0v) is 14.5. The normalized spacial score (nSPS) is 16.3. The van der Waals surface area contributed by atoms with Crippen LogP contribution in [-0.2, 0) is 23.5 Å². The van der Waals surface area contributed by atoms with E-state index in [0.717, 1.165) is 12.6 Å². The maximum absolute atomic E-state index is 13.6. The van der Waals surface area contributed by atoms with Gasteiger partial charge < -0.3 is 10.6 Å². The van der Waals surface area contributed by atoms with Crippen LogP contribution in [0, 0.1) is 12.7 Å². The van der Waals surface area contributed by atoms with E-state index in [1.54, 1.807) is 13.0 Å². The quantitative estimate of drug-likeness (QED) is 0.289. The van der Waals surface area contributed by atoms with E-state index in [-0.39, 0.29) is 5.84 Å². The van der Waals surface area contributed by atoms with Crippen molar-refractivity contribution in [1.29, 1.82) is 0 Å². The van der Waals surface area contributed by atoms with Crippen LogP contribution in [0.5, 0.6) is 0 Å². The molecular weight excluding hydrogens is 368 g/mol. The molecule has 1 aliphatic rings. The van der Waals surface area contributed by atoms with Crippen molar-refractivity contribution >= 4 is 11.8 Å². The summed E-state index contributed by atoms with van der Waals surface area (Å²) in [5.41, 5.74) is 4.99. The lowest BCUT2D eigenvalue weighted by Gasteiger charge is -2.17. The molecule has 0 spiro atoms. The summed E-state index contributed by atoms with van der Waals surface area (Å²) < 4.78 is 52.4. The Morgan fingerprint density at radius 3 is 2.56 bits per heavy atom. The molecule has 0 unspecified atom stereocenters. The zero-order valence-electron chi connectivity index (χ0n) is 14.5. The van der Waals surface area contributed by atoms with Gasteiger partial charge in [-0.2, -0.15) is 18.3 Å². The van der Waals surface area contributed by atoms with Crippen LogP contribution in [-0.4, -0.2) is 21.6 Å². The highest BCUT2D eigenvalue weighted by Crippen LogP contribution is 2.49. The lowest BCUT2D eigenvalue weighted by atomic mass is 9.91. The molecule has 0 aliphatic heterocycles.